The van der Waals surface area contributed by atoms with E-state index in [4.69, 9.17) is 4.74 Å². The van der Waals surface area contributed by atoms with Crippen molar-refractivity contribution in [3.63, 3.8) is 0 Å². The lowest BCUT2D eigenvalue weighted by molar-refractivity contribution is -0.140. The van der Waals surface area contributed by atoms with Crippen molar-refractivity contribution in [2.75, 3.05) is 7.11 Å². The van der Waals surface area contributed by atoms with Crippen LogP contribution in [0.25, 0.3) is 5.76 Å². The number of carbonyl (C=O) groups excluding carboxylic acids is 2. The molecule has 3 aromatic rings. The fourth-order valence-electron chi connectivity index (χ4n) is 4.26. The molecular formula is C29H29NO4. The summed E-state index contributed by atoms with van der Waals surface area (Å²) in [5.41, 5.74) is 3.29. The summed E-state index contributed by atoms with van der Waals surface area (Å²) in [4.78, 5) is 28.0. The van der Waals surface area contributed by atoms with E-state index in [1.807, 2.05) is 54.6 Å². The molecule has 174 valence electrons. The number of hydrogen-bond donors (Lipinski definition) is 1. The van der Waals surface area contributed by atoms with E-state index in [2.05, 4.69) is 20.8 Å². The van der Waals surface area contributed by atoms with Crippen LogP contribution in [-0.2, 0) is 21.5 Å². The van der Waals surface area contributed by atoms with Crippen LogP contribution in [0.2, 0.25) is 0 Å². The van der Waals surface area contributed by atoms with Gasteiger partial charge in [0.1, 0.15) is 11.5 Å². The number of ketones is 1. The minimum absolute atomic E-state index is 0.0367. The zero-order chi connectivity index (χ0) is 24.5. The van der Waals surface area contributed by atoms with E-state index in [0.717, 1.165) is 16.7 Å². The van der Waals surface area contributed by atoms with Crippen LogP contribution in [0.3, 0.4) is 0 Å². The second kappa shape index (κ2) is 9.18. The molecule has 1 aliphatic heterocycles. The van der Waals surface area contributed by atoms with Crippen molar-refractivity contribution in [1.82, 2.24) is 4.90 Å². The maximum atomic E-state index is 13.2. The minimum Gasteiger partial charge on any atom is -0.507 e. The van der Waals surface area contributed by atoms with Gasteiger partial charge in [-0.1, -0.05) is 87.5 Å². The normalized spacial score (nSPS) is 17.8. The first-order valence-electron chi connectivity index (χ1n) is 11.3. The highest BCUT2D eigenvalue weighted by atomic mass is 16.5. The molecule has 5 heteroatoms. The molecule has 1 N–H and O–H groups in total. The molecule has 0 saturated carbocycles. The van der Waals surface area contributed by atoms with E-state index in [-0.39, 0.29) is 23.3 Å². The zero-order valence-corrected chi connectivity index (χ0v) is 19.9. The SMILES string of the molecule is COc1cccc(/C(O)=C2\C(=O)C(=O)N(Cc3ccccc3)C2c2ccc(C(C)(C)C)cc2)c1. The van der Waals surface area contributed by atoms with Gasteiger partial charge in [-0.2, -0.15) is 0 Å². The molecule has 0 bridgehead atoms. The Balaban J connectivity index is 1.86. The summed E-state index contributed by atoms with van der Waals surface area (Å²) in [6.07, 6.45) is 0. The van der Waals surface area contributed by atoms with E-state index in [0.29, 0.717) is 11.3 Å². The molecule has 1 heterocycles. The van der Waals surface area contributed by atoms with Crippen molar-refractivity contribution < 1.29 is 19.4 Å². The molecule has 1 aliphatic rings. The topological polar surface area (TPSA) is 66.8 Å². The third kappa shape index (κ3) is 4.46. The van der Waals surface area contributed by atoms with Gasteiger partial charge in [0.05, 0.1) is 18.7 Å². The maximum absolute atomic E-state index is 13.2. The van der Waals surface area contributed by atoms with Gasteiger partial charge in [-0.15, -0.1) is 0 Å². The Bertz CT molecular complexity index is 1240. The number of ether oxygens (including phenoxy) is 1. The van der Waals surface area contributed by atoms with Gasteiger partial charge in [-0.05, 0) is 34.2 Å². The lowest BCUT2D eigenvalue weighted by Gasteiger charge is -2.26. The van der Waals surface area contributed by atoms with Gasteiger partial charge >= 0.3 is 0 Å². The number of aliphatic hydroxyl groups excluding tert-OH is 1. The Kier molecular flexibility index (Phi) is 6.29. The molecule has 0 spiro atoms. The van der Waals surface area contributed by atoms with Gasteiger partial charge in [0.2, 0.25) is 0 Å². The molecule has 34 heavy (non-hydrogen) atoms. The van der Waals surface area contributed by atoms with Crippen molar-refractivity contribution in [2.24, 2.45) is 0 Å². The van der Waals surface area contributed by atoms with Gasteiger partial charge in [0, 0.05) is 12.1 Å². The predicted octanol–water partition coefficient (Wildman–Crippen LogP) is 5.61. The lowest BCUT2D eigenvalue weighted by atomic mass is 9.85. The van der Waals surface area contributed by atoms with Crippen LogP contribution in [0, 0.1) is 0 Å². The van der Waals surface area contributed by atoms with Crippen LogP contribution in [0.4, 0.5) is 0 Å². The molecule has 1 fully saturated rings. The second-order valence-electron chi connectivity index (χ2n) is 9.52. The molecule has 0 aliphatic carbocycles. The number of rotatable bonds is 5. The standard InChI is InChI=1S/C29H29NO4/c1-29(2,3)22-15-13-20(14-16-22)25-24(26(31)21-11-8-12-23(17-21)34-4)27(32)28(33)30(25)18-19-9-6-5-7-10-19/h5-17,25,31H,18H2,1-4H3/b26-24+. The summed E-state index contributed by atoms with van der Waals surface area (Å²) >= 11 is 0. The van der Waals surface area contributed by atoms with Gasteiger partial charge < -0.3 is 14.7 Å². The maximum Gasteiger partial charge on any atom is 0.295 e. The van der Waals surface area contributed by atoms with Crippen LogP contribution in [0.5, 0.6) is 5.75 Å². The van der Waals surface area contributed by atoms with Gasteiger partial charge in [-0.3, -0.25) is 9.59 Å². The van der Waals surface area contributed by atoms with E-state index < -0.39 is 17.7 Å². The van der Waals surface area contributed by atoms with Crippen molar-refractivity contribution in [3.05, 3.63) is 107 Å². The van der Waals surface area contributed by atoms with Crippen LogP contribution >= 0.6 is 0 Å². The van der Waals surface area contributed by atoms with E-state index in [1.165, 1.54) is 12.0 Å². The summed E-state index contributed by atoms with van der Waals surface area (Å²) in [5, 5.41) is 11.3. The van der Waals surface area contributed by atoms with Gasteiger partial charge in [0.15, 0.2) is 0 Å². The number of Topliss-reactive ketones (excluding diaryl/α,β-unsaturated/α-hetero) is 1. The third-order valence-electron chi connectivity index (χ3n) is 6.17. The average Bonchev–Trinajstić information content (AvgIpc) is 3.08. The molecule has 5 nitrogen and oxygen atoms in total. The smallest absolute Gasteiger partial charge is 0.295 e. The molecule has 1 saturated heterocycles. The first kappa shape index (κ1) is 23.3. The van der Waals surface area contributed by atoms with Crippen molar-refractivity contribution in [1.29, 1.82) is 0 Å². The molecular weight excluding hydrogens is 426 g/mol. The quantitative estimate of drug-likeness (QED) is 0.308. The lowest BCUT2D eigenvalue weighted by Crippen LogP contribution is -2.29. The number of hydrogen-bond acceptors (Lipinski definition) is 4. The number of aliphatic hydroxyl groups is 1. The number of methoxy groups -OCH3 is 1. The van der Waals surface area contributed by atoms with E-state index >= 15 is 0 Å². The molecule has 1 amide bonds. The number of benzene rings is 3. The first-order chi connectivity index (χ1) is 16.2. The molecule has 1 atom stereocenters. The number of nitrogens with zero attached hydrogens (tertiary/aromatic N) is 1. The minimum atomic E-state index is -0.708. The summed E-state index contributed by atoms with van der Waals surface area (Å²) in [6.45, 7) is 6.65. The second-order valence-corrected chi connectivity index (χ2v) is 9.52. The van der Waals surface area contributed by atoms with Gasteiger partial charge in [-0.25, -0.2) is 0 Å². The van der Waals surface area contributed by atoms with Gasteiger partial charge in [0.25, 0.3) is 11.7 Å². The number of likely N-dealkylation sites (tertiary alicyclic amines) is 1. The number of carbonyl (C=O) groups is 2. The highest BCUT2D eigenvalue weighted by Gasteiger charge is 2.46. The molecule has 1 unspecified atom stereocenters. The Morgan fingerprint density at radius 2 is 1.62 bits per heavy atom. The predicted molar refractivity (Wildman–Crippen MR) is 132 cm³/mol. The first-order valence-corrected chi connectivity index (χ1v) is 11.3. The summed E-state index contributed by atoms with van der Waals surface area (Å²) in [5.74, 6) is -0.981. The summed E-state index contributed by atoms with van der Waals surface area (Å²) in [7, 11) is 1.54. The molecule has 0 aromatic heterocycles. The molecule has 4 rings (SSSR count). The van der Waals surface area contributed by atoms with Crippen LogP contribution in [-0.4, -0.2) is 28.8 Å². The molecule has 3 aromatic carbocycles. The fourth-order valence-corrected chi connectivity index (χ4v) is 4.26. The van der Waals surface area contributed by atoms with E-state index in [9.17, 15) is 14.7 Å². The average molecular weight is 456 g/mol. The zero-order valence-electron chi connectivity index (χ0n) is 19.9. The third-order valence-corrected chi connectivity index (χ3v) is 6.17. The monoisotopic (exact) mass is 455 g/mol. The Labute approximate surface area is 200 Å². The Hall–Kier alpha value is -3.86. The van der Waals surface area contributed by atoms with Crippen molar-refractivity contribution in [2.45, 2.75) is 38.8 Å². The van der Waals surface area contributed by atoms with Crippen molar-refractivity contribution in [3.8, 4) is 5.75 Å². The molecule has 0 radical (unpaired) electrons. The fraction of sp³-hybridized carbons (Fsp3) is 0.241. The largest absolute Gasteiger partial charge is 0.507 e. The highest BCUT2D eigenvalue weighted by molar-refractivity contribution is 6.46. The number of amides is 1. The van der Waals surface area contributed by atoms with Crippen molar-refractivity contribution >= 4 is 17.4 Å². The van der Waals surface area contributed by atoms with E-state index in [1.54, 1.807) is 24.3 Å². The summed E-state index contributed by atoms with van der Waals surface area (Å²) in [6, 6.07) is 23.6. The highest BCUT2D eigenvalue weighted by Crippen LogP contribution is 2.41. The van der Waals surface area contributed by atoms with Crippen LogP contribution in [0.1, 0.15) is 49.1 Å². The van der Waals surface area contributed by atoms with Crippen LogP contribution in [0.15, 0.2) is 84.4 Å². The van der Waals surface area contributed by atoms with Crippen LogP contribution < -0.4 is 4.74 Å². The summed E-state index contributed by atoms with van der Waals surface area (Å²) < 4.78 is 5.28. The Morgan fingerprint density at radius 3 is 2.24 bits per heavy atom. The Morgan fingerprint density at radius 1 is 0.941 bits per heavy atom.